The molecule has 1 aliphatic heterocycles. The number of rotatable bonds is 6. The molecule has 1 fully saturated rings. The Bertz CT molecular complexity index is 1250. The maximum atomic E-state index is 12.9. The summed E-state index contributed by atoms with van der Waals surface area (Å²) in [6.07, 6.45) is 5.16. The number of nitrogens with one attached hydrogen (secondary N) is 2. The maximum Gasteiger partial charge on any atom is 0.253 e. The van der Waals surface area contributed by atoms with E-state index in [9.17, 15) is 14.4 Å². The minimum Gasteiger partial charge on any atom is -0.376 e. The van der Waals surface area contributed by atoms with Gasteiger partial charge >= 0.3 is 0 Å². The molecule has 3 aromatic carbocycles. The van der Waals surface area contributed by atoms with E-state index in [-0.39, 0.29) is 17.4 Å². The van der Waals surface area contributed by atoms with Crippen LogP contribution in [0.4, 0.5) is 11.4 Å². The smallest absolute Gasteiger partial charge is 0.253 e. The normalized spacial score (nSPS) is 18.5. The van der Waals surface area contributed by atoms with Crippen LogP contribution >= 0.6 is 0 Å². The van der Waals surface area contributed by atoms with Gasteiger partial charge in [0.2, 0.25) is 0 Å². The Morgan fingerprint density at radius 2 is 1.71 bits per heavy atom. The van der Waals surface area contributed by atoms with E-state index in [0.717, 1.165) is 50.8 Å². The molecule has 0 bridgehead atoms. The molecule has 6 nitrogen and oxygen atoms in total. The summed E-state index contributed by atoms with van der Waals surface area (Å²) >= 11 is 0. The molecule has 3 aromatic rings. The Balaban J connectivity index is 1.21. The molecule has 34 heavy (non-hydrogen) atoms. The van der Waals surface area contributed by atoms with Crippen molar-refractivity contribution in [1.29, 1.82) is 0 Å². The third-order valence-corrected chi connectivity index (χ3v) is 7.35. The molecule has 1 atom stereocenters. The van der Waals surface area contributed by atoms with E-state index < -0.39 is 5.43 Å². The molecule has 5 rings (SSSR count). The lowest BCUT2D eigenvalue weighted by Gasteiger charge is -2.33. The SMILES string of the molecule is CC1CCN(c2c(NCc3ccc(C(=O)N[C@H]4CCCc5ccccc54)cc3)c(=O)c2=O)CC1. The summed E-state index contributed by atoms with van der Waals surface area (Å²) in [5.74, 6) is 0.577. The van der Waals surface area contributed by atoms with Crippen LogP contribution in [0.3, 0.4) is 0 Å². The number of piperidine rings is 1. The molecule has 2 aliphatic rings. The van der Waals surface area contributed by atoms with Crippen LogP contribution in [0.1, 0.15) is 65.7 Å². The van der Waals surface area contributed by atoms with Crippen molar-refractivity contribution in [2.45, 2.75) is 51.6 Å². The van der Waals surface area contributed by atoms with Crippen molar-refractivity contribution in [3.8, 4) is 0 Å². The van der Waals surface area contributed by atoms with Crippen LogP contribution in [-0.4, -0.2) is 19.0 Å². The number of carbonyl (C=O) groups excluding carboxylic acids is 1. The highest BCUT2D eigenvalue weighted by Gasteiger charge is 2.28. The van der Waals surface area contributed by atoms with E-state index in [1.807, 2.05) is 35.2 Å². The summed E-state index contributed by atoms with van der Waals surface area (Å²) < 4.78 is 0. The summed E-state index contributed by atoms with van der Waals surface area (Å²) in [5.41, 5.74) is 4.26. The first-order chi connectivity index (χ1) is 16.5. The number of hydrogen-bond acceptors (Lipinski definition) is 5. The first-order valence-electron chi connectivity index (χ1n) is 12.3. The number of anilines is 2. The molecule has 0 saturated carbocycles. The van der Waals surface area contributed by atoms with Gasteiger partial charge in [-0.15, -0.1) is 0 Å². The Morgan fingerprint density at radius 1 is 0.971 bits per heavy atom. The quantitative estimate of drug-likeness (QED) is 0.548. The van der Waals surface area contributed by atoms with Gasteiger partial charge in [-0.05, 0) is 66.8 Å². The van der Waals surface area contributed by atoms with Gasteiger partial charge in [-0.25, -0.2) is 0 Å². The third kappa shape index (κ3) is 4.37. The van der Waals surface area contributed by atoms with Crippen LogP contribution in [0, 0.1) is 5.92 Å². The molecule has 0 unspecified atom stereocenters. The average Bonchev–Trinajstić information content (AvgIpc) is 2.87. The number of hydrogen-bond donors (Lipinski definition) is 2. The molecular formula is C28H31N3O3. The molecule has 1 heterocycles. The number of amides is 1. The van der Waals surface area contributed by atoms with Gasteiger partial charge in [0, 0.05) is 25.2 Å². The summed E-state index contributed by atoms with van der Waals surface area (Å²) in [5, 5.41) is 6.35. The van der Waals surface area contributed by atoms with Gasteiger partial charge in [0.1, 0.15) is 11.4 Å². The predicted molar refractivity (Wildman–Crippen MR) is 135 cm³/mol. The Kier molecular flexibility index (Phi) is 6.22. The number of fused-ring (bicyclic) bond motifs is 1. The zero-order chi connectivity index (χ0) is 23.7. The highest BCUT2D eigenvalue weighted by atomic mass is 16.2. The van der Waals surface area contributed by atoms with E-state index in [4.69, 9.17) is 0 Å². The fraction of sp³-hybridized carbons (Fsp3) is 0.393. The molecule has 2 N–H and O–H groups in total. The van der Waals surface area contributed by atoms with Gasteiger partial charge in [0.05, 0.1) is 6.04 Å². The zero-order valence-corrected chi connectivity index (χ0v) is 19.6. The van der Waals surface area contributed by atoms with Crippen molar-refractivity contribution in [3.63, 3.8) is 0 Å². The van der Waals surface area contributed by atoms with Gasteiger partial charge in [-0.2, -0.15) is 0 Å². The van der Waals surface area contributed by atoms with Crippen molar-refractivity contribution < 1.29 is 4.79 Å². The molecule has 1 amide bonds. The summed E-state index contributed by atoms with van der Waals surface area (Å²) in [6, 6.07) is 15.8. The lowest BCUT2D eigenvalue weighted by molar-refractivity contribution is 0.0932. The molecule has 0 radical (unpaired) electrons. The van der Waals surface area contributed by atoms with Crippen LogP contribution in [0.5, 0.6) is 0 Å². The fourth-order valence-corrected chi connectivity index (χ4v) is 5.19. The van der Waals surface area contributed by atoms with Crippen LogP contribution in [-0.2, 0) is 13.0 Å². The largest absolute Gasteiger partial charge is 0.376 e. The molecule has 1 aliphatic carbocycles. The molecule has 0 aromatic heterocycles. The highest BCUT2D eigenvalue weighted by Crippen LogP contribution is 2.30. The van der Waals surface area contributed by atoms with E-state index >= 15 is 0 Å². The highest BCUT2D eigenvalue weighted by molar-refractivity contribution is 5.94. The lowest BCUT2D eigenvalue weighted by Crippen LogP contribution is -2.45. The van der Waals surface area contributed by atoms with E-state index in [2.05, 4.69) is 35.8 Å². The monoisotopic (exact) mass is 457 g/mol. The predicted octanol–water partition coefficient (Wildman–Crippen LogP) is 3.94. The van der Waals surface area contributed by atoms with Crippen molar-refractivity contribution in [2.24, 2.45) is 5.92 Å². The number of aryl methyl sites for hydroxylation is 1. The van der Waals surface area contributed by atoms with Gasteiger partial charge in [-0.1, -0.05) is 43.3 Å². The number of benzene rings is 2. The summed E-state index contributed by atoms with van der Waals surface area (Å²) in [7, 11) is 0. The molecule has 176 valence electrons. The molecule has 1 saturated heterocycles. The zero-order valence-electron chi connectivity index (χ0n) is 19.6. The van der Waals surface area contributed by atoms with Gasteiger partial charge in [0.15, 0.2) is 0 Å². The standard InChI is InChI=1S/C28H31N3O3/c1-18-13-15-31(16-14-18)25-24(26(32)27(25)33)29-17-19-9-11-21(12-10-19)28(34)30-23-8-4-6-20-5-2-3-7-22(20)23/h2-3,5,7,9-12,18,23,29H,4,6,8,13-17H2,1H3,(H,30,34)/t23-/m0/s1. The second kappa shape index (κ2) is 9.45. The van der Waals surface area contributed by atoms with Crippen molar-refractivity contribution in [2.75, 3.05) is 23.3 Å². The third-order valence-electron chi connectivity index (χ3n) is 7.35. The molecule has 6 heteroatoms. The van der Waals surface area contributed by atoms with Crippen LogP contribution < -0.4 is 26.4 Å². The van der Waals surface area contributed by atoms with Crippen molar-refractivity contribution in [3.05, 3.63) is 91.2 Å². The molecular weight excluding hydrogens is 426 g/mol. The van der Waals surface area contributed by atoms with Crippen molar-refractivity contribution >= 4 is 17.3 Å². The minimum absolute atomic E-state index is 0.0455. The van der Waals surface area contributed by atoms with Crippen LogP contribution in [0.15, 0.2) is 58.1 Å². The lowest BCUT2D eigenvalue weighted by atomic mass is 9.87. The Hall–Kier alpha value is -3.41. The first-order valence-corrected chi connectivity index (χ1v) is 12.3. The first kappa shape index (κ1) is 22.4. The van der Waals surface area contributed by atoms with Crippen molar-refractivity contribution in [1.82, 2.24) is 5.32 Å². The minimum atomic E-state index is -0.433. The van der Waals surface area contributed by atoms with Gasteiger partial charge < -0.3 is 15.5 Å². The number of nitrogens with zero attached hydrogens (tertiary/aromatic N) is 1. The maximum absolute atomic E-state index is 12.9. The number of carbonyl (C=O) groups is 1. The Labute approximate surface area is 199 Å². The molecule has 0 spiro atoms. The Morgan fingerprint density at radius 3 is 2.47 bits per heavy atom. The van der Waals surface area contributed by atoms with E-state index in [1.165, 1.54) is 11.1 Å². The van der Waals surface area contributed by atoms with Gasteiger partial charge in [-0.3, -0.25) is 14.4 Å². The second-order valence-electron chi connectivity index (χ2n) is 9.72. The fourth-order valence-electron chi connectivity index (χ4n) is 5.19. The topological polar surface area (TPSA) is 78.5 Å². The van der Waals surface area contributed by atoms with E-state index in [1.54, 1.807) is 0 Å². The van der Waals surface area contributed by atoms with Crippen LogP contribution in [0.2, 0.25) is 0 Å². The van der Waals surface area contributed by atoms with Crippen LogP contribution in [0.25, 0.3) is 0 Å². The van der Waals surface area contributed by atoms with Gasteiger partial charge in [0.25, 0.3) is 16.8 Å². The average molecular weight is 458 g/mol. The second-order valence-corrected chi connectivity index (χ2v) is 9.72. The summed E-state index contributed by atoms with van der Waals surface area (Å²) in [4.78, 5) is 39.3. The van der Waals surface area contributed by atoms with E-state index in [0.29, 0.717) is 29.4 Å². The summed E-state index contributed by atoms with van der Waals surface area (Å²) in [6.45, 7) is 4.28.